The van der Waals surface area contributed by atoms with Crippen LogP contribution in [0.5, 0.6) is 0 Å². The molecule has 1 heterocycles. The summed E-state index contributed by atoms with van der Waals surface area (Å²) in [5.41, 5.74) is 2.99. The molecule has 3 nitrogen and oxygen atoms in total. The fourth-order valence-corrected chi connectivity index (χ4v) is 2.42. The first-order chi connectivity index (χ1) is 8.22. The Labute approximate surface area is 102 Å². The molecular weight excluding hydrogens is 214 g/mol. The number of aryl methyl sites for hydroxylation is 1. The Hall–Kier alpha value is -1.35. The summed E-state index contributed by atoms with van der Waals surface area (Å²) >= 11 is 0. The molecule has 0 spiro atoms. The molecule has 1 saturated heterocycles. The number of hydrogen-bond acceptors (Lipinski definition) is 3. The molecule has 1 fully saturated rings. The van der Waals surface area contributed by atoms with Gasteiger partial charge in [-0.3, -0.25) is 0 Å². The van der Waals surface area contributed by atoms with Gasteiger partial charge >= 0.3 is 5.97 Å². The van der Waals surface area contributed by atoms with Crippen LogP contribution in [0.2, 0.25) is 0 Å². The number of ether oxygens (including phenoxy) is 1. The summed E-state index contributed by atoms with van der Waals surface area (Å²) in [5, 5.41) is 3.41. The third-order valence-corrected chi connectivity index (χ3v) is 3.42. The van der Waals surface area contributed by atoms with Crippen molar-refractivity contribution in [3.05, 3.63) is 34.9 Å². The van der Waals surface area contributed by atoms with Gasteiger partial charge in [-0.15, -0.1) is 0 Å². The Balaban J connectivity index is 2.20. The molecule has 1 N–H and O–H groups in total. The SMILES string of the molecule is COC(=O)c1ccc([C@H]2CCCNC2)cc1C. The van der Waals surface area contributed by atoms with Crippen LogP contribution in [0.3, 0.4) is 0 Å². The first-order valence-electron chi connectivity index (χ1n) is 6.12. The Morgan fingerprint density at radius 3 is 2.88 bits per heavy atom. The number of rotatable bonds is 2. The summed E-state index contributed by atoms with van der Waals surface area (Å²) in [7, 11) is 1.42. The van der Waals surface area contributed by atoms with Gasteiger partial charge in [0.15, 0.2) is 0 Å². The van der Waals surface area contributed by atoms with Gasteiger partial charge in [-0.05, 0) is 49.4 Å². The smallest absolute Gasteiger partial charge is 0.338 e. The van der Waals surface area contributed by atoms with Crippen molar-refractivity contribution in [1.29, 1.82) is 0 Å². The maximum absolute atomic E-state index is 11.5. The van der Waals surface area contributed by atoms with Crippen LogP contribution in [0.25, 0.3) is 0 Å². The van der Waals surface area contributed by atoms with Crippen molar-refractivity contribution in [2.24, 2.45) is 0 Å². The van der Waals surface area contributed by atoms with E-state index in [4.69, 9.17) is 4.74 Å². The fourth-order valence-electron chi connectivity index (χ4n) is 2.42. The average molecular weight is 233 g/mol. The molecule has 3 heteroatoms. The van der Waals surface area contributed by atoms with E-state index in [1.807, 2.05) is 13.0 Å². The number of methoxy groups -OCH3 is 1. The van der Waals surface area contributed by atoms with E-state index in [1.54, 1.807) is 0 Å². The third-order valence-electron chi connectivity index (χ3n) is 3.42. The molecule has 1 aromatic carbocycles. The van der Waals surface area contributed by atoms with Gasteiger partial charge < -0.3 is 10.1 Å². The fraction of sp³-hybridized carbons (Fsp3) is 0.500. The molecule has 0 unspecified atom stereocenters. The molecule has 17 heavy (non-hydrogen) atoms. The maximum Gasteiger partial charge on any atom is 0.338 e. The van der Waals surface area contributed by atoms with Crippen LogP contribution in [-0.4, -0.2) is 26.2 Å². The van der Waals surface area contributed by atoms with Crippen molar-refractivity contribution in [2.45, 2.75) is 25.7 Å². The summed E-state index contributed by atoms with van der Waals surface area (Å²) in [6, 6.07) is 6.05. The summed E-state index contributed by atoms with van der Waals surface area (Å²) in [6.45, 7) is 4.12. The Kier molecular flexibility index (Phi) is 3.79. The van der Waals surface area contributed by atoms with Gasteiger partial charge in [0.2, 0.25) is 0 Å². The first kappa shape index (κ1) is 12.1. The number of carbonyl (C=O) groups excluding carboxylic acids is 1. The Morgan fingerprint density at radius 2 is 2.29 bits per heavy atom. The van der Waals surface area contributed by atoms with Crippen molar-refractivity contribution < 1.29 is 9.53 Å². The van der Waals surface area contributed by atoms with Crippen molar-refractivity contribution >= 4 is 5.97 Å². The van der Waals surface area contributed by atoms with Gasteiger partial charge in [0.1, 0.15) is 0 Å². The molecule has 1 atom stereocenters. The molecule has 0 amide bonds. The van der Waals surface area contributed by atoms with Gasteiger partial charge in [0, 0.05) is 6.54 Å². The highest BCUT2D eigenvalue weighted by Crippen LogP contribution is 2.25. The van der Waals surface area contributed by atoms with Crippen molar-refractivity contribution in [1.82, 2.24) is 5.32 Å². The number of esters is 1. The van der Waals surface area contributed by atoms with Crippen LogP contribution >= 0.6 is 0 Å². The van der Waals surface area contributed by atoms with E-state index in [9.17, 15) is 4.79 Å². The Morgan fingerprint density at radius 1 is 1.47 bits per heavy atom. The monoisotopic (exact) mass is 233 g/mol. The van der Waals surface area contributed by atoms with Gasteiger partial charge in [-0.25, -0.2) is 4.79 Å². The largest absolute Gasteiger partial charge is 0.465 e. The van der Waals surface area contributed by atoms with Gasteiger partial charge in [0.05, 0.1) is 12.7 Å². The topological polar surface area (TPSA) is 38.3 Å². The summed E-state index contributed by atoms with van der Waals surface area (Å²) in [5.74, 6) is 0.324. The lowest BCUT2D eigenvalue weighted by Crippen LogP contribution is -2.28. The quantitative estimate of drug-likeness (QED) is 0.796. The average Bonchev–Trinajstić information content (AvgIpc) is 2.39. The van der Waals surface area contributed by atoms with Crippen LogP contribution in [0.4, 0.5) is 0 Å². The highest BCUT2D eigenvalue weighted by Gasteiger charge is 2.17. The molecule has 0 radical (unpaired) electrons. The highest BCUT2D eigenvalue weighted by molar-refractivity contribution is 5.91. The molecule has 1 aliphatic heterocycles. The maximum atomic E-state index is 11.5. The zero-order valence-electron chi connectivity index (χ0n) is 10.5. The van der Waals surface area contributed by atoms with E-state index in [1.165, 1.54) is 25.5 Å². The normalized spacial score (nSPS) is 20.0. The Bertz CT molecular complexity index is 409. The lowest BCUT2D eigenvalue weighted by molar-refractivity contribution is 0.0600. The molecule has 0 bridgehead atoms. The van der Waals surface area contributed by atoms with Gasteiger partial charge in [0.25, 0.3) is 0 Å². The lowest BCUT2D eigenvalue weighted by atomic mass is 9.90. The van der Waals surface area contributed by atoms with E-state index >= 15 is 0 Å². The first-order valence-corrected chi connectivity index (χ1v) is 6.12. The number of hydrogen-bond donors (Lipinski definition) is 1. The van der Waals surface area contributed by atoms with E-state index in [0.29, 0.717) is 11.5 Å². The van der Waals surface area contributed by atoms with E-state index in [0.717, 1.165) is 18.7 Å². The number of piperidine rings is 1. The van der Waals surface area contributed by atoms with Gasteiger partial charge in [-0.2, -0.15) is 0 Å². The van der Waals surface area contributed by atoms with E-state index in [-0.39, 0.29) is 5.97 Å². The molecule has 0 aromatic heterocycles. The van der Waals surface area contributed by atoms with Crippen LogP contribution in [0.15, 0.2) is 18.2 Å². The third kappa shape index (κ3) is 2.67. The minimum atomic E-state index is -0.254. The zero-order chi connectivity index (χ0) is 12.3. The van der Waals surface area contributed by atoms with Crippen LogP contribution in [0, 0.1) is 6.92 Å². The number of carbonyl (C=O) groups is 1. The van der Waals surface area contributed by atoms with Crippen LogP contribution in [0.1, 0.15) is 40.2 Å². The molecular formula is C14H19NO2. The van der Waals surface area contributed by atoms with Crippen molar-refractivity contribution in [3.8, 4) is 0 Å². The van der Waals surface area contributed by atoms with Gasteiger partial charge in [-0.1, -0.05) is 12.1 Å². The summed E-state index contributed by atoms with van der Waals surface area (Å²) in [4.78, 5) is 11.5. The number of benzene rings is 1. The standard InChI is InChI=1S/C14H19NO2/c1-10-8-11(12-4-3-7-15-9-12)5-6-13(10)14(16)17-2/h5-6,8,12,15H,3-4,7,9H2,1-2H3/t12-/m0/s1. The van der Waals surface area contributed by atoms with Crippen molar-refractivity contribution in [3.63, 3.8) is 0 Å². The molecule has 2 rings (SSSR count). The minimum Gasteiger partial charge on any atom is -0.465 e. The molecule has 92 valence electrons. The van der Waals surface area contributed by atoms with Crippen LogP contribution in [-0.2, 0) is 4.74 Å². The van der Waals surface area contributed by atoms with Crippen molar-refractivity contribution in [2.75, 3.05) is 20.2 Å². The molecule has 1 aliphatic rings. The molecule has 1 aromatic rings. The summed E-state index contributed by atoms with van der Waals surface area (Å²) in [6.07, 6.45) is 2.45. The second-order valence-electron chi connectivity index (χ2n) is 4.61. The number of nitrogens with one attached hydrogen (secondary N) is 1. The summed E-state index contributed by atoms with van der Waals surface area (Å²) < 4.78 is 4.75. The van der Waals surface area contributed by atoms with E-state index < -0.39 is 0 Å². The minimum absolute atomic E-state index is 0.254. The van der Waals surface area contributed by atoms with E-state index in [2.05, 4.69) is 17.4 Å². The predicted octanol–water partition coefficient (Wildman–Crippen LogP) is 2.25. The lowest BCUT2D eigenvalue weighted by Gasteiger charge is -2.23. The zero-order valence-corrected chi connectivity index (χ0v) is 10.5. The predicted molar refractivity (Wildman–Crippen MR) is 67.4 cm³/mol. The second-order valence-corrected chi connectivity index (χ2v) is 4.61. The molecule has 0 aliphatic carbocycles. The van der Waals surface area contributed by atoms with Crippen LogP contribution < -0.4 is 5.32 Å². The second kappa shape index (κ2) is 5.32. The molecule has 0 saturated carbocycles. The highest BCUT2D eigenvalue weighted by atomic mass is 16.5.